The predicted octanol–water partition coefficient (Wildman–Crippen LogP) is 2.83. The molecule has 5 heteroatoms. The van der Waals surface area contributed by atoms with E-state index < -0.39 is 0 Å². The Labute approximate surface area is 115 Å². The highest BCUT2D eigenvalue weighted by Gasteiger charge is 2.04. The van der Waals surface area contributed by atoms with E-state index in [-0.39, 0.29) is 23.2 Å². The van der Waals surface area contributed by atoms with Crippen LogP contribution in [-0.4, -0.2) is 21.9 Å². The molecule has 0 radical (unpaired) electrons. The summed E-state index contributed by atoms with van der Waals surface area (Å²) in [7, 11) is 0. The average Bonchev–Trinajstić information content (AvgIpc) is 2.38. The van der Waals surface area contributed by atoms with Gasteiger partial charge in [-0.05, 0) is 36.4 Å². The van der Waals surface area contributed by atoms with Crippen LogP contribution >= 0.6 is 11.8 Å². The standard InChI is InChI=1S/C14H13NO3S/c16-11-4-6-13(7-5-11)19-9-14(18)15-10-2-1-3-12(17)8-10/h1-8,16-17H,9H2,(H,15,18). The van der Waals surface area contributed by atoms with Crippen LogP contribution in [0, 0.1) is 0 Å². The van der Waals surface area contributed by atoms with Crippen molar-refractivity contribution in [1.82, 2.24) is 0 Å². The van der Waals surface area contributed by atoms with Gasteiger partial charge in [-0.25, -0.2) is 0 Å². The van der Waals surface area contributed by atoms with E-state index in [4.69, 9.17) is 5.11 Å². The molecule has 0 saturated heterocycles. The predicted molar refractivity (Wildman–Crippen MR) is 75.6 cm³/mol. The second-order valence-corrected chi connectivity index (χ2v) is 4.93. The first-order valence-electron chi connectivity index (χ1n) is 5.64. The summed E-state index contributed by atoms with van der Waals surface area (Å²) < 4.78 is 0. The van der Waals surface area contributed by atoms with E-state index >= 15 is 0 Å². The third-order valence-corrected chi connectivity index (χ3v) is 3.35. The number of anilines is 1. The fourth-order valence-electron chi connectivity index (χ4n) is 1.47. The number of amides is 1. The Morgan fingerprint density at radius 3 is 2.47 bits per heavy atom. The van der Waals surface area contributed by atoms with Gasteiger partial charge in [-0.3, -0.25) is 4.79 Å². The van der Waals surface area contributed by atoms with Crippen molar-refractivity contribution in [1.29, 1.82) is 0 Å². The summed E-state index contributed by atoms with van der Waals surface area (Å²) in [4.78, 5) is 12.6. The molecule has 0 aliphatic rings. The Bertz CT molecular complexity index is 569. The molecule has 0 heterocycles. The smallest absolute Gasteiger partial charge is 0.234 e. The highest BCUT2D eigenvalue weighted by Crippen LogP contribution is 2.21. The van der Waals surface area contributed by atoms with Gasteiger partial charge in [0.1, 0.15) is 11.5 Å². The molecule has 4 nitrogen and oxygen atoms in total. The van der Waals surface area contributed by atoms with Gasteiger partial charge in [-0.15, -0.1) is 11.8 Å². The number of aromatic hydroxyl groups is 2. The second kappa shape index (κ2) is 6.15. The third kappa shape index (κ3) is 4.22. The summed E-state index contributed by atoms with van der Waals surface area (Å²) >= 11 is 1.38. The number of phenols is 2. The summed E-state index contributed by atoms with van der Waals surface area (Å²) in [5.41, 5.74) is 0.566. The van der Waals surface area contributed by atoms with Crippen molar-refractivity contribution in [2.45, 2.75) is 4.90 Å². The molecule has 0 aromatic heterocycles. The number of nitrogens with one attached hydrogen (secondary N) is 1. The van der Waals surface area contributed by atoms with Gasteiger partial charge in [-0.1, -0.05) is 6.07 Å². The molecule has 0 aliphatic heterocycles. The lowest BCUT2D eigenvalue weighted by atomic mass is 10.3. The van der Waals surface area contributed by atoms with Gasteiger partial charge in [0, 0.05) is 16.6 Å². The summed E-state index contributed by atoms with van der Waals surface area (Å²) in [5.74, 6) is 0.432. The topological polar surface area (TPSA) is 69.6 Å². The van der Waals surface area contributed by atoms with Crippen molar-refractivity contribution < 1.29 is 15.0 Å². The zero-order valence-corrected chi connectivity index (χ0v) is 10.9. The maximum Gasteiger partial charge on any atom is 0.234 e. The van der Waals surface area contributed by atoms with E-state index in [1.807, 2.05) is 0 Å². The van der Waals surface area contributed by atoms with Crippen molar-refractivity contribution >= 4 is 23.4 Å². The highest BCUT2D eigenvalue weighted by atomic mass is 32.2. The quantitative estimate of drug-likeness (QED) is 0.750. The minimum Gasteiger partial charge on any atom is -0.508 e. The molecule has 0 atom stereocenters. The van der Waals surface area contributed by atoms with Gasteiger partial charge in [-0.2, -0.15) is 0 Å². The van der Waals surface area contributed by atoms with Crippen LogP contribution in [0.25, 0.3) is 0 Å². The van der Waals surface area contributed by atoms with Gasteiger partial charge in [0.25, 0.3) is 0 Å². The molecule has 0 saturated carbocycles. The van der Waals surface area contributed by atoms with Crippen LogP contribution in [0.5, 0.6) is 11.5 Å². The molecule has 2 aromatic carbocycles. The average molecular weight is 275 g/mol. The molecule has 3 N–H and O–H groups in total. The molecule has 0 fully saturated rings. The number of benzene rings is 2. The van der Waals surface area contributed by atoms with Gasteiger partial charge in [0.15, 0.2) is 0 Å². The van der Waals surface area contributed by atoms with Crippen molar-refractivity contribution in [3.05, 3.63) is 48.5 Å². The molecule has 0 spiro atoms. The fraction of sp³-hybridized carbons (Fsp3) is 0.0714. The van der Waals surface area contributed by atoms with Crippen LogP contribution in [0.2, 0.25) is 0 Å². The molecular formula is C14H13NO3S. The molecule has 98 valence electrons. The van der Waals surface area contributed by atoms with Crippen molar-refractivity contribution in [2.24, 2.45) is 0 Å². The Morgan fingerprint density at radius 2 is 1.79 bits per heavy atom. The van der Waals surface area contributed by atoms with Crippen LogP contribution in [0.4, 0.5) is 5.69 Å². The lowest BCUT2D eigenvalue weighted by molar-refractivity contribution is -0.113. The maximum absolute atomic E-state index is 11.7. The second-order valence-electron chi connectivity index (χ2n) is 3.88. The van der Waals surface area contributed by atoms with Crippen molar-refractivity contribution in [3.63, 3.8) is 0 Å². The molecular weight excluding hydrogens is 262 g/mol. The largest absolute Gasteiger partial charge is 0.508 e. The van der Waals surface area contributed by atoms with Crippen LogP contribution in [0.3, 0.4) is 0 Å². The number of thioether (sulfide) groups is 1. The SMILES string of the molecule is O=C(CSc1ccc(O)cc1)Nc1cccc(O)c1. The van der Waals surface area contributed by atoms with E-state index in [9.17, 15) is 9.90 Å². The number of rotatable bonds is 4. The van der Waals surface area contributed by atoms with Gasteiger partial charge in [0.05, 0.1) is 5.75 Å². The van der Waals surface area contributed by atoms with E-state index in [1.165, 1.54) is 17.8 Å². The van der Waals surface area contributed by atoms with E-state index in [2.05, 4.69) is 5.32 Å². The van der Waals surface area contributed by atoms with E-state index in [0.29, 0.717) is 5.69 Å². The van der Waals surface area contributed by atoms with Gasteiger partial charge in [0.2, 0.25) is 5.91 Å². The Balaban J connectivity index is 1.86. The lowest BCUT2D eigenvalue weighted by Crippen LogP contribution is -2.13. The maximum atomic E-state index is 11.7. The number of phenolic OH excluding ortho intramolecular Hbond substituents is 2. The van der Waals surface area contributed by atoms with Crippen LogP contribution in [-0.2, 0) is 4.79 Å². The number of hydrogen-bond acceptors (Lipinski definition) is 4. The normalized spacial score (nSPS) is 10.1. The van der Waals surface area contributed by atoms with E-state index in [1.54, 1.807) is 42.5 Å². The number of carbonyl (C=O) groups is 1. The molecule has 0 aliphatic carbocycles. The minimum atomic E-state index is -0.149. The van der Waals surface area contributed by atoms with E-state index in [0.717, 1.165) is 4.90 Å². The van der Waals surface area contributed by atoms with Crippen LogP contribution < -0.4 is 5.32 Å². The van der Waals surface area contributed by atoms with Crippen molar-refractivity contribution in [2.75, 3.05) is 11.1 Å². The first kappa shape index (κ1) is 13.3. The molecule has 19 heavy (non-hydrogen) atoms. The molecule has 0 bridgehead atoms. The molecule has 1 amide bonds. The summed E-state index contributed by atoms with van der Waals surface area (Å²) in [5, 5.41) is 21.1. The van der Waals surface area contributed by atoms with Crippen LogP contribution in [0.15, 0.2) is 53.4 Å². The molecule has 2 aromatic rings. The molecule has 0 unspecified atom stereocenters. The number of carbonyl (C=O) groups excluding carboxylic acids is 1. The number of hydrogen-bond donors (Lipinski definition) is 3. The monoisotopic (exact) mass is 275 g/mol. The minimum absolute atomic E-state index is 0.115. The third-order valence-electron chi connectivity index (χ3n) is 2.34. The van der Waals surface area contributed by atoms with Crippen LogP contribution in [0.1, 0.15) is 0 Å². The Morgan fingerprint density at radius 1 is 1.05 bits per heavy atom. The Kier molecular flexibility index (Phi) is 4.30. The van der Waals surface area contributed by atoms with Gasteiger partial charge < -0.3 is 15.5 Å². The van der Waals surface area contributed by atoms with Crippen molar-refractivity contribution in [3.8, 4) is 11.5 Å². The first-order chi connectivity index (χ1) is 9.13. The Hall–Kier alpha value is -2.14. The molecule has 2 rings (SSSR count). The zero-order chi connectivity index (χ0) is 13.7. The summed E-state index contributed by atoms with van der Waals surface area (Å²) in [6, 6.07) is 13.1. The zero-order valence-electron chi connectivity index (χ0n) is 10.0. The highest BCUT2D eigenvalue weighted by molar-refractivity contribution is 8.00. The summed E-state index contributed by atoms with van der Waals surface area (Å²) in [6.07, 6.45) is 0. The lowest BCUT2D eigenvalue weighted by Gasteiger charge is -2.05. The first-order valence-corrected chi connectivity index (χ1v) is 6.63. The summed E-state index contributed by atoms with van der Waals surface area (Å²) in [6.45, 7) is 0. The van der Waals surface area contributed by atoms with Gasteiger partial charge >= 0.3 is 0 Å². The fourth-order valence-corrected chi connectivity index (χ4v) is 2.17.